The zero-order valence-electron chi connectivity index (χ0n) is 21.2. The number of fused-ring (bicyclic) bond motifs is 3. The van der Waals surface area contributed by atoms with Gasteiger partial charge < -0.3 is 39.7 Å². The van der Waals surface area contributed by atoms with Crippen molar-refractivity contribution in [1.29, 1.82) is 0 Å². The Kier molecular flexibility index (Phi) is 7.01. The molecule has 3 aliphatic rings. The monoisotopic (exact) mass is 654 g/mol. The quantitative estimate of drug-likeness (QED) is 0.156. The minimum atomic E-state index is -2.04. The van der Waals surface area contributed by atoms with Gasteiger partial charge in [0.2, 0.25) is 5.78 Å². The Morgan fingerprint density at radius 3 is 2.38 bits per heavy atom. The van der Waals surface area contributed by atoms with E-state index in [0.717, 1.165) is 6.92 Å². The summed E-state index contributed by atoms with van der Waals surface area (Å²) in [4.78, 5) is 39.7. The van der Waals surface area contributed by atoms with E-state index < -0.39 is 86.6 Å². The Hall–Kier alpha value is -2.62. The number of aromatic hydroxyl groups is 2. The van der Waals surface area contributed by atoms with Gasteiger partial charge in [-0.25, -0.2) is 0 Å². The van der Waals surface area contributed by atoms with Gasteiger partial charge in [-0.3, -0.25) is 14.4 Å². The van der Waals surface area contributed by atoms with Crippen molar-refractivity contribution in [3.63, 3.8) is 0 Å². The number of phenolic OH excluding ortho intramolecular Hbond substituents is 2. The van der Waals surface area contributed by atoms with Gasteiger partial charge in [-0.1, -0.05) is 34.7 Å². The van der Waals surface area contributed by atoms with Crippen LogP contribution in [0.5, 0.6) is 17.2 Å². The molecule has 2 aromatic carbocycles. The molecule has 0 amide bonds. The molecule has 0 aromatic heterocycles. The van der Waals surface area contributed by atoms with Gasteiger partial charge in [0.15, 0.2) is 17.9 Å². The predicted molar refractivity (Wildman–Crippen MR) is 142 cm³/mol. The Morgan fingerprint density at radius 1 is 1.08 bits per heavy atom. The highest BCUT2D eigenvalue weighted by molar-refractivity contribution is 14.1. The zero-order chi connectivity index (χ0) is 28.5. The molecule has 208 valence electrons. The minimum absolute atomic E-state index is 0.0307. The normalized spacial score (nSPS) is 31.8. The number of benzene rings is 2. The first kappa shape index (κ1) is 27.9. The molecule has 1 saturated heterocycles. The van der Waals surface area contributed by atoms with Crippen molar-refractivity contribution >= 4 is 39.9 Å². The van der Waals surface area contributed by atoms with Crippen LogP contribution in [0.15, 0.2) is 18.2 Å². The van der Waals surface area contributed by atoms with Crippen LogP contribution in [0.4, 0.5) is 0 Å². The third-order valence-electron chi connectivity index (χ3n) is 7.80. The van der Waals surface area contributed by atoms with Crippen LogP contribution in [0.2, 0.25) is 0 Å². The predicted octanol–water partition coefficient (Wildman–Crippen LogP) is 1.48. The molecule has 2 aromatic rings. The van der Waals surface area contributed by atoms with Crippen LogP contribution in [0.1, 0.15) is 69.3 Å². The first-order valence-electron chi connectivity index (χ1n) is 12.2. The molecular formula is C27H27IO11. The van der Waals surface area contributed by atoms with E-state index in [-0.39, 0.29) is 34.4 Å². The van der Waals surface area contributed by atoms with E-state index >= 15 is 0 Å². The number of rotatable bonds is 4. The number of alkyl halides is 1. The van der Waals surface area contributed by atoms with Gasteiger partial charge in [-0.05, 0) is 19.9 Å². The smallest absolute Gasteiger partial charge is 0.202 e. The first-order chi connectivity index (χ1) is 18.3. The van der Waals surface area contributed by atoms with E-state index in [9.17, 15) is 39.9 Å². The molecule has 0 radical (unpaired) electrons. The maximum atomic E-state index is 13.7. The summed E-state index contributed by atoms with van der Waals surface area (Å²) in [6.45, 7) is 2.69. The van der Waals surface area contributed by atoms with E-state index in [1.165, 1.54) is 32.2 Å². The molecule has 7 atom stereocenters. The zero-order valence-corrected chi connectivity index (χ0v) is 23.3. The van der Waals surface area contributed by atoms with Crippen LogP contribution in [0, 0.1) is 0 Å². The summed E-state index contributed by atoms with van der Waals surface area (Å²) in [5, 5.41) is 54.7. The second-order valence-electron chi connectivity index (χ2n) is 10.1. The summed E-state index contributed by atoms with van der Waals surface area (Å²) >= 11 is 1.84. The molecule has 39 heavy (non-hydrogen) atoms. The number of ketones is 3. The largest absolute Gasteiger partial charge is 0.507 e. The number of aliphatic hydroxyl groups is 3. The number of halogens is 1. The Bertz CT molecular complexity index is 1400. The van der Waals surface area contributed by atoms with E-state index in [1.807, 2.05) is 22.6 Å². The van der Waals surface area contributed by atoms with Crippen molar-refractivity contribution in [1.82, 2.24) is 0 Å². The van der Waals surface area contributed by atoms with E-state index in [4.69, 9.17) is 14.2 Å². The van der Waals surface area contributed by atoms with Crippen molar-refractivity contribution in [2.24, 2.45) is 0 Å². The van der Waals surface area contributed by atoms with Crippen molar-refractivity contribution in [3.05, 3.63) is 51.6 Å². The van der Waals surface area contributed by atoms with Crippen LogP contribution in [-0.4, -0.2) is 84.1 Å². The average molecular weight is 654 g/mol. The van der Waals surface area contributed by atoms with Crippen molar-refractivity contribution < 1.29 is 54.1 Å². The van der Waals surface area contributed by atoms with Crippen molar-refractivity contribution in [2.45, 2.75) is 66.9 Å². The number of ether oxygens (including phenoxy) is 3. The number of hydrogen-bond acceptors (Lipinski definition) is 11. The van der Waals surface area contributed by atoms with Crippen molar-refractivity contribution in [3.8, 4) is 17.2 Å². The van der Waals surface area contributed by atoms with Gasteiger partial charge in [-0.15, -0.1) is 0 Å². The number of hydrogen-bond donors (Lipinski definition) is 5. The van der Waals surface area contributed by atoms with Gasteiger partial charge in [-0.2, -0.15) is 0 Å². The number of Topliss-reactive ketones (excluding diaryl/α,β-unsaturated/α-hetero) is 1. The molecule has 1 fully saturated rings. The number of carbonyl (C=O) groups is 3. The molecule has 0 spiro atoms. The van der Waals surface area contributed by atoms with E-state index in [1.54, 1.807) is 0 Å². The number of methoxy groups -OCH3 is 1. The summed E-state index contributed by atoms with van der Waals surface area (Å²) in [5.74, 6) is -3.33. The van der Waals surface area contributed by atoms with Crippen LogP contribution >= 0.6 is 22.6 Å². The highest BCUT2D eigenvalue weighted by Gasteiger charge is 2.50. The highest BCUT2D eigenvalue weighted by atomic mass is 127. The molecule has 1 heterocycles. The van der Waals surface area contributed by atoms with Crippen LogP contribution in [0.25, 0.3) is 0 Å². The first-order valence-corrected chi connectivity index (χ1v) is 13.5. The van der Waals surface area contributed by atoms with Gasteiger partial charge in [0.1, 0.15) is 29.0 Å². The molecule has 5 N–H and O–H groups in total. The van der Waals surface area contributed by atoms with E-state index in [2.05, 4.69) is 0 Å². The maximum absolute atomic E-state index is 13.7. The molecule has 0 saturated carbocycles. The van der Waals surface area contributed by atoms with Crippen molar-refractivity contribution in [2.75, 3.05) is 7.11 Å². The summed E-state index contributed by atoms with van der Waals surface area (Å²) < 4.78 is 16.3. The Labute approximate surface area is 236 Å². The summed E-state index contributed by atoms with van der Waals surface area (Å²) in [6, 6.07) is 4.40. The summed E-state index contributed by atoms with van der Waals surface area (Å²) in [7, 11) is 1.33. The Morgan fingerprint density at radius 2 is 1.74 bits per heavy atom. The molecule has 1 aliphatic heterocycles. The van der Waals surface area contributed by atoms with Gasteiger partial charge >= 0.3 is 0 Å². The van der Waals surface area contributed by atoms with Crippen LogP contribution in [0.3, 0.4) is 0 Å². The molecule has 0 bridgehead atoms. The lowest BCUT2D eigenvalue weighted by Gasteiger charge is -2.43. The molecule has 11 nitrogen and oxygen atoms in total. The minimum Gasteiger partial charge on any atom is -0.507 e. The lowest BCUT2D eigenvalue weighted by molar-refractivity contribution is -0.258. The Balaban J connectivity index is 1.70. The standard InChI is InChI=1S/C27H27IO11/c1-9-20(30)25(35)19(28)26(38-9)39-14-8-27(36,10(2)29)7-12-16(14)24(34)18-17(22(12)32)21(31)11-5-4-6-13(37-3)15(11)23(18)33/h4-6,9,14,19-20,25-26,30,32,34-36H,7-8H2,1-3H3/t9-,14-,19+,20+,25-,26-,27-/m0/s1. The van der Waals surface area contributed by atoms with Crippen LogP contribution in [-0.2, 0) is 20.7 Å². The van der Waals surface area contributed by atoms with Gasteiger partial charge in [0, 0.05) is 29.5 Å². The molecule has 0 unspecified atom stereocenters. The third-order valence-corrected chi connectivity index (χ3v) is 9.12. The topological polar surface area (TPSA) is 180 Å². The molecule has 5 rings (SSSR count). The fourth-order valence-electron chi connectivity index (χ4n) is 5.57. The van der Waals surface area contributed by atoms with Gasteiger partial charge in [0.25, 0.3) is 0 Å². The van der Waals surface area contributed by atoms with E-state index in [0.29, 0.717) is 0 Å². The fraction of sp³-hybridized carbons (Fsp3) is 0.444. The summed E-state index contributed by atoms with van der Waals surface area (Å²) in [6.07, 6.45) is -6.56. The highest BCUT2D eigenvalue weighted by Crippen LogP contribution is 2.52. The maximum Gasteiger partial charge on any atom is 0.202 e. The number of phenols is 2. The molecule has 12 heteroatoms. The SMILES string of the molecule is COc1cccc2c1C(=O)c1c(O)c3c(c(O)c1C2=O)C[C@@](O)(C(C)=O)C[C@@H]3O[C@@H]1O[C@@H](C)[C@@H](O)[C@@H](O)[C@H]1I. The number of aliphatic hydroxyl groups excluding tert-OH is 2. The lowest BCUT2D eigenvalue weighted by Crippen LogP contribution is -2.55. The molecular weight excluding hydrogens is 627 g/mol. The molecule has 2 aliphatic carbocycles. The summed E-state index contributed by atoms with van der Waals surface area (Å²) in [5.41, 5.74) is -3.26. The number of carbonyl (C=O) groups excluding carboxylic acids is 3. The fourth-order valence-corrected chi connectivity index (χ4v) is 6.33. The third kappa shape index (κ3) is 4.16. The lowest BCUT2D eigenvalue weighted by atomic mass is 9.72. The van der Waals surface area contributed by atoms with Gasteiger partial charge in [0.05, 0.1) is 46.0 Å². The average Bonchev–Trinajstić information content (AvgIpc) is 2.90. The second kappa shape index (κ2) is 9.78. The van der Waals surface area contributed by atoms with Crippen LogP contribution < -0.4 is 4.74 Å². The second-order valence-corrected chi connectivity index (χ2v) is 11.5.